The van der Waals surface area contributed by atoms with Gasteiger partial charge in [0.2, 0.25) is 0 Å². The van der Waals surface area contributed by atoms with E-state index in [0.29, 0.717) is 5.71 Å². The summed E-state index contributed by atoms with van der Waals surface area (Å²) in [5, 5.41) is 11.8. The van der Waals surface area contributed by atoms with Gasteiger partial charge < -0.3 is 5.21 Å². The van der Waals surface area contributed by atoms with E-state index in [2.05, 4.69) is 21.1 Å². The lowest BCUT2D eigenvalue weighted by atomic mass is 10.1. The Labute approximate surface area is 80.0 Å². The van der Waals surface area contributed by atoms with E-state index in [0.717, 1.165) is 16.5 Å². The summed E-state index contributed by atoms with van der Waals surface area (Å²) in [7, 11) is 0. The third-order valence-corrected chi connectivity index (χ3v) is 2.16. The molecule has 0 saturated heterocycles. The molecule has 1 aromatic carbocycles. The molecule has 0 aliphatic heterocycles. The molecular formula is C9H10BrNO. The standard InChI is InChI=1S/C9H10BrNO/c1-2-9(11-12)7-3-5-8(10)6-4-7/h3-6,12H,2H2,1H3/b11-9-. The topological polar surface area (TPSA) is 32.6 Å². The highest BCUT2D eigenvalue weighted by molar-refractivity contribution is 9.10. The van der Waals surface area contributed by atoms with Gasteiger partial charge in [-0.1, -0.05) is 40.1 Å². The van der Waals surface area contributed by atoms with Crippen molar-refractivity contribution in [3.8, 4) is 0 Å². The summed E-state index contributed by atoms with van der Waals surface area (Å²) in [4.78, 5) is 0. The zero-order valence-electron chi connectivity index (χ0n) is 6.79. The molecule has 0 amide bonds. The molecular weight excluding hydrogens is 218 g/mol. The van der Waals surface area contributed by atoms with Crippen LogP contribution in [0, 0.1) is 0 Å². The number of hydrogen-bond acceptors (Lipinski definition) is 2. The highest BCUT2D eigenvalue weighted by Gasteiger charge is 1.99. The fraction of sp³-hybridized carbons (Fsp3) is 0.222. The molecule has 0 saturated carbocycles. The van der Waals surface area contributed by atoms with Gasteiger partial charge in [0.15, 0.2) is 0 Å². The molecule has 3 heteroatoms. The molecule has 0 fully saturated rings. The molecule has 0 heterocycles. The zero-order chi connectivity index (χ0) is 8.97. The predicted molar refractivity (Wildman–Crippen MR) is 52.8 cm³/mol. The van der Waals surface area contributed by atoms with E-state index in [1.165, 1.54) is 0 Å². The third kappa shape index (κ3) is 2.08. The van der Waals surface area contributed by atoms with Crippen LogP contribution in [0.25, 0.3) is 0 Å². The molecule has 1 aromatic rings. The van der Waals surface area contributed by atoms with Crippen LogP contribution in [-0.4, -0.2) is 10.9 Å². The van der Waals surface area contributed by atoms with Crippen LogP contribution in [0.2, 0.25) is 0 Å². The number of nitrogens with zero attached hydrogens (tertiary/aromatic N) is 1. The van der Waals surface area contributed by atoms with Gasteiger partial charge in [0.05, 0.1) is 5.71 Å². The second-order valence-corrected chi connectivity index (χ2v) is 3.32. The van der Waals surface area contributed by atoms with Crippen LogP contribution in [0.15, 0.2) is 33.9 Å². The van der Waals surface area contributed by atoms with Gasteiger partial charge in [0.25, 0.3) is 0 Å². The monoisotopic (exact) mass is 227 g/mol. The van der Waals surface area contributed by atoms with Crippen molar-refractivity contribution in [2.24, 2.45) is 5.16 Å². The molecule has 12 heavy (non-hydrogen) atoms. The zero-order valence-corrected chi connectivity index (χ0v) is 8.37. The van der Waals surface area contributed by atoms with Crippen molar-refractivity contribution < 1.29 is 5.21 Å². The summed E-state index contributed by atoms with van der Waals surface area (Å²) in [5.41, 5.74) is 1.67. The Kier molecular flexibility index (Phi) is 3.29. The smallest absolute Gasteiger partial charge is 0.0865 e. The number of hydrogen-bond donors (Lipinski definition) is 1. The minimum Gasteiger partial charge on any atom is -0.411 e. The molecule has 0 unspecified atom stereocenters. The van der Waals surface area contributed by atoms with Crippen LogP contribution in [-0.2, 0) is 0 Å². The van der Waals surface area contributed by atoms with Gasteiger partial charge in [-0.3, -0.25) is 0 Å². The largest absolute Gasteiger partial charge is 0.411 e. The van der Waals surface area contributed by atoms with Crippen LogP contribution < -0.4 is 0 Å². The SMILES string of the molecule is CC/C(=N/O)c1ccc(Br)cc1. The number of rotatable bonds is 2. The van der Waals surface area contributed by atoms with Crippen molar-refractivity contribution in [2.45, 2.75) is 13.3 Å². The van der Waals surface area contributed by atoms with Crippen molar-refractivity contribution in [2.75, 3.05) is 0 Å². The normalized spacial score (nSPS) is 11.7. The minimum absolute atomic E-state index is 0.711. The molecule has 0 bridgehead atoms. The molecule has 1 rings (SSSR count). The van der Waals surface area contributed by atoms with Crippen molar-refractivity contribution in [1.82, 2.24) is 0 Å². The van der Waals surface area contributed by atoms with Crippen molar-refractivity contribution in [3.63, 3.8) is 0 Å². The average Bonchev–Trinajstić information content (AvgIpc) is 2.10. The number of oxime groups is 1. The van der Waals surface area contributed by atoms with Crippen LogP contribution in [0.5, 0.6) is 0 Å². The summed E-state index contributed by atoms with van der Waals surface area (Å²) in [6, 6.07) is 7.69. The molecule has 1 N–H and O–H groups in total. The summed E-state index contributed by atoms with van der Waals surface area (Å²) >= 11 is 3.34. The van der Waals surface area contributed by atoms with E-state index in [1.54, 1.807) is 0 Å². The van der Waals surface area contributed by atoms with Crippen LogP contribution >= 0.6 is 15.9 Å². The first-order valence-electron chi connectivity index (χ1n) is 3.74. The Bertz CT molecular complexity index is 279. The van der Waals surface area contributed by atoms with Crippen molar-refractivity contribution >= 4 is 21.6 Å². The summed E-state index contributed by atoms with van der Waals surface area (Å²) in [6.07, 6.45) is 0.734. The Morgan fingerprint density at radius 2 is 2.00 bits per heavy atom. The second-order valence-electron chi connectivity index (χ2n) is 2.41. The molecule has 0 aliphatic carbocycles. The number of benzene rings is 1. The average molecular weight is 228 g/mol. The van der Waals surface area contributed by atoms with E-state index in [9.17, 15) is 0 Å². The van der Waals surface area contributed by atoms with Crippen molar-refractivity contribution in [3.05, 3.63) is 34.3 Å². The van der Waals surface area contributed by atoms with Crippen LogP contribution in [0.4, 0.5) is 0 Å². The predicted octanol–water partition coefficient (Wildman–Crippen LogP) is 3.04. The van der Waals surface area contributed by atoms with E-state index in [1.807, 2.05) is 31.2 Å². The molecule has 0 atom stereocenters. The molecule has 64 valence electrons. The summed E-state index contributed by atoms with van der Waals surface area (Å²) in [5.74, 6) is 0. The molecule has 0 spiro atoms. The lowest BCUT2D eigenvalue weighted by Crippen LogP contribution is -1.97. The third-order valence-electron chi connectivity index (χ3n) is 1.63. The van der Waals surface area contributed by atoms with Gasteiger partial charge in [-0.25, -0.2) is 0 Å². The van der Waals surface area contributed by atoms with Crippen LogP contribution in [0.3, 0.4) is 0 Å². The first-order chi connectivity index (χ1) is 5.77. The molecule has 0 radical (unpaired) electrons. The van der Waals surface area contributed by atoms with E-state index >= 15 is 0 Å². The highest BCUT2D eigenvalue weighted by atomic mass is 79.9. The van der Waals surface area contributed by atoms with Crippen LogP contribution in [0.1, 0.15) is 18.9 Å². The minimum atomic E-state index is 0.711. The maximum atomic E-state index is 8.63. The molecule has 0 aromatic heterocycles. The summed E-state index contributed by atoms with van der Waals surface area (Å²) < 4.78 is 1.03. The fourth-order valence-electron chi connectivity index (χ4n) is 0.975. The van der Waals surface area contributed by atoms with E-state index in [-0.39, 0.29) is 0 Å². The Morgan fingerprint density at radius 1 is 1.42 bits per heavy atom. The van der Waals surface area contributed by atoms with Gasteiger partial charge in [-0.05, 0) is 24.1 Å². The quantitative estimate of drug-likeness (QED) is 0.471. The Morgan fingerprint density at radius 3 is 2.42 bits per heavy atom. The Hall–Kier alpha value is -0.830. The van der Waals surface area contributed by atoms with E-state index in [4.69, 9.17) is 5.21 Å². The van der Waals surface area contributed by atoms with Gasteiger partial charge in [-0.15, -0.1) is 0 Å². The maximum absolute atomic E-state index is 8.63. The van der Waals surface area contributed by atoms with Gasteiger partial charge in [0.1, 0.15) is 0 Å². The first kappa shape index (κ1) is 9.26. The maximum Gasteiger partial charge on any atom is 0.0865 e. The van der Waals surface area contributed by atoms with Gasteiger partial charge in [0, 0.05) is 4.47 Å². The number of halogens is 1. The lowest BCUT2D eigenvalue weighted by Gasteiger charge is -2.00. The van der Waals surface area contributed by atoms with E-state index < -0.39 is 0 Å². The lowest BCUT2D eigenvalue weighted by molar-refractivity contribution is 0.318. The molecule has 0 aliphatic rings. The Balaban J connectivity index is 2.96. The van der Waals surface area contributed by atoms with Crippen molar-refractivity contribution in [1.29, 1.82) is 0 Å². The first-order valence-corrected chi connectivity index (χ1v) is 4.54. The summed E-state index contributed by atoms with van der Waals surface area (Å²) in [6.45, 7) is 1.96. The fourth-order valence-corrected chi connectivity index (χ4v) is 1.24. The van der Waals surface area contributed by atoms with Gasteiger partial charge >= 0.3 is 0 Å². The highest BCUT2D eigenvalue weighted by Crippen LogP contribution is 2.12. The second kappa shape index (κ2) is 4.26. The molecule has 2 nitrogen and oxygen atoms in total. The van der Waals surface area contributed by atoms with Gasteiger partial charge in [-0.2, -0.15) is 0 Å².